The summed E-state index contributed by atoms with van der Waals surface area (Å²) in [6.45, 7) is 0. The van der Waals surface area contributed by atoms with Gasteiger partial charge in [-0.1, -0.05) is 11.3 Å². The Bertz CT molecular complexity index is 437. The van der Waals surface area contributed by atoms with E-state index < -0.39 is 5.24 Å². The summed E-state index contributed by atoms with van der Waals surface area (Å²) in [5.41, 5.74) is 0.815. The zero-order chi connectivity index (χ0) is 8.55. The molecule has 0 saturated carbocycles. The molecule has 2 rings (SSSR count). The molecule has 2 heterocycles. The first kappa shape index (κ1) is 7.24. The average molecular weight is 182 g/mol. The number of carbonyl (C=O) groups is 1. The van der Waals surface area contributed by atoms with Crippen LogP contribution in [0, 0.1) is 0 Å². The van der Waals surface area contributed by atoms with Crippen molar-refractivity contribution in [3.05, 3.63) is 30.1 Å². The van der Waals surface area contributed by atoms with E-state index in [4.69, 9.17) is 11.6 Å². The number of fused-ring (bicyclic) bond motifs is 1. The van der Waals surface area contributed by atoms with Crippen LogP contribution in [-0.2, 0) is 0 Å². The smallest absolute Gasteiger partial charge is 0.274 e. The molecule has 0 aliphatic heterocycles. The van der Waals surface area contributed by atoms with Crippen molar-refractivity contribution in [2.24, 2.45) is 0 Å². The Morgan fingerprint density at radius 1 is 1.50 bits per heavy atom. The van der Waals surface area contributed by atoms with Crippen molar-refractivity contribution in [1.29, 1.82) is 0 Å². The zero-order valence-electron chi connectivity index (χ0n) is 5.94. The number of carbonyl (C=O) groups excluding carboxylic acids is 1. The lowest BCUT2D eigenvalue weighted by Gasteiger charge is -1.88. The largest absolute Gasteiger partial charge is 0.275 e. The summed E-state index contributed by atoms with van der Waals surface area (Å²) in [7, 11) is 0. The molecule has 0 unspecified atom stereocenters. The Labute approximate surface area is 72.8 Å². The van der Waals surface area contributed by atoms with Gasteiger partial charge in [0, 0.05) is 6.20 Å². The maximum Gasteiger partial charge on any atom is 0.275 e. The maximum absolute atomic E-state index is 10.8. The minimum atomic E-state index is -0.587. The average Bonchev–Trinajstić information content (AvgIpc) is 2.47. The van der Waals surface area contributed by atoms with Gasteiger partial charge in [-0.3, -0.25) is 4.79 Å². The molecule has 0 radical (unpaired) electrons. The second-order valence-corrected chi connectivity index (χ2v) is 2.59. The van der Waals surface area contributed by atoms with Crippen LogP contribution in [0.2, 0.25) is 0 Å². The highest BCUT2D eigenvalue weighted by Crippen LogP contribution is 2.08. The third-order valence-electron chi connectivity index (χ3n) is 1.51. The van der Waals surface area contributed by atoms with Crippen molar-refractivity contribution < 1.29 is 4.79 Å². The first-order chi connectivity index (χ1) is 5.79. The van der Waals surface area contributed by atoms with Crippen LogP contribution in [0.25, 0.3) is 5.52 Å². The van der Waals surface area contributed by atoms with Crippen molar-refractivity contribution in [2.75, 3.05) is 0 Å². The Hall–Kier alpha value is -1.42. The summed E-state index contributed by atoms with van der Waals surface area (Å²) in [5, 5.41) is 6.74. The van der Waals surface area contributed by atoms with Crippen LogP contribution in [0.15, 0.2) is 24.4 Å². The number of halogens is 1. The van der Waals surface area contributed by atoms with Crippen molar-refractivity contribution in [3.8, 4) is 0 Å². The number of hydrogen-bond acceptors (Lipinski definition) is 3. The normalized spacial score (nSPS) is 10.4. The lowest BCUT2D eigenvalue weighted by atomic mass is 10.3. The molecule has 0 N–H and O–H groups in total. The van der Waals surface area contributed by atoms with E-state index in [1.54, 1.807) is 24.4 Å². The summed E-state index contributed by atoms with van der Waals surface area (Å²) in [5.74, 6) is 0. The van der Waals surface area contributed by atoms with E-state index in [1.165, 1.54) is 4.52 Å². The Balaban J connectivity index is 2.79. The van der Waals surface area contributed by atoms with E-state index >= 15 is 0 Å². The van der Waals surface area contributed by atoms with Gasteiger partial charge in [0.1, 0.15) is 0 Å². The molecule has 0 aromatic carbocycles. The Kier molecular flexibility index (Phi) is 1.55. The SMILES string of the molecule is O=C(Cl)c1nnn2ccccc12. The molecule has 0 atom stereocenters. The third-order valence-corrected chi connectivity index (χ3v) is 1.69. The summed E-state index contributed by atoms with van der Waals surface area (Å²) >= 11 is 5.27. The van der Waals surface area contributed by atoms with Gasteiger partial charge in [-0.25, -0.2) is 4.52 Å². The van der Waals surface area contributed by atoms with Gasteiger partial charge in [0.2, 0.25) is 0 Å². The fourth-order valence-corrected chi connectivity index (χ4v) is 1.12. The molecule has 60 valence electrons. The van der Waals surface area contributed by atoms with E-state index in [0.29, 0.717) is 5.52 Å². The van der Waals surface area contributed by atoms with E-state index in [0.717, 1.165) is 0 Å². The monoisotopic (exact) mass is 181 g/mol. The molecular weight excluding hydrogens is 178 g/mol. The molecule has 0 bridgehead atoms. The lowest BCUT2D eigenvalue weighted by molar-refractivity contribution is 0.107. The van der Waals surface area contributed by atoms with Crippen LogP contribution in [0.3, 0.4) is 0 Å². The molecule has 2 aromatic rings. The van der Waals surface area contributed by atoms with Crippen LogP contribution < -0.4 is 0 Å². The fraction of sp³-hybridized carbons (Fsp3) is 0. The maximum atomic E-state index is 10.8. The van der Waals surface area contributed by atoms with E-state index in [9.17, 15) is 4.79 Å². The van der Waals surface area contributed by atoms with Crippen LogP contribution in [0.4, 0.5) is 0 Å². The topological polar surface area (TPSA) is 47.3 Å². The number of rotatable bonds is 1. The highest BCUT2D eigenvalue weighted by Gasteiger charge is 2.10. The molecule has 0 fully saturated rings. The van der Waals surface area contributed by atoms with Gasteiger partial charge in [-0.05, 0) is 23.7 Å². The number of nitrogens with zero attached hydrogens (tertiary/aromatic N) is 3. The quantitative estimate of drug-likeness (QED) is 0.620. The van der Waals surface area contributed by atoms with E-state index in [-0.39, 0.29) is 5.69 Å². The van der Waals surface area contributed by atoms with Crippen LogP contribution in [0.1, 0.15) is 10.5 Å². The van der Waals surface area contributed by atoms with Gasteiger partial charge in [-0.2, -0.15) is 0 Å². The highest BCUT2D eigenvalue weighted by atomic mass is 35.5. The minimum Gasteiger partial charge on any atom is -0.274 e. The minimum absolute atomic E-state index is 0.192. The number of pyridine rings is 1. The first-order valence-electron chi connectivity index (χ1n) is 3.29. The predicted molar refractivity (Wildman–Crippen MR) is 43.2 cm³/mol. The summed E-state index contributed by atoms with van der Waals surface area (Å²) in [4.78, 5) is 10.8. The second kappa shape index (κ2) is 2.57. The molecule has 0 aliphatic rings. The summed E-state index contributed by atoms with van der Waals surface area (Å²) in [6, 6.07) is 5.32. The van der Waals surface area contributed by atoms with Gasteiger partial charge in [-0.15, -0.1) is 5.10 Å². The molecule has 5 heteroatoms. The molecule has 0 amide bonds. The number of hydrogen-bond donors (Lipinski definition) is 0. The van der Waals surface area contributed by atoms with Gasteiger partial charge < -0.3 is 0 Å². The number of aromatic nitrogens is 3. The molecule has 0 aliphatic carbocycles. The van der Waals surface area contributed by atoms with Crippen molar-refractivity contribution >= 4 is 22.4 Å². The van der Waals surface area contributed by atoms with Gasteiger partial charge >= 0.3 is 0 Å². The van der Waals surface area contributed by atoms with Crippen LogP contribution in [-0.4, -0.2) is 20.1 Å². The third kappa shape index (κ3) is 0.967. The van der Waals surface area contributed by atoms with Crippen LogP contribution >= 0.6 is 11.6 Å². The molecule has 0 saturated heterocycles. The van der Waals surface area contributed by atoms with E-state index in [2.05, 4.69) is 10.3 Å². The lowest BCUT2D eigenvalue weighted by Crippen LogP contribution is -1.89. The van der Waals surface area contributed by atoms with Crippen molar-refractivity contribution in [2.45, 2.75) is 0 Å². The summed E-state index contributed by atoms with van der Waals surface area (Å²) in [6.07, 6.45) is 1.70. The second-order valence-electron chi connectivity index (χ2n) is 2.24. The molecule has 2 aromatic heterocycles. The Morgan fingerprint density at radius 2 is 2.33 bits per heavy atom. The molecule has 4 nitrogen and oxygen atoms in total. The van der Waals surface area contributed by atoms with Gasteiger partial charge in [0.15, 0.2) is 5.69 Å². The molecule has 12 heavy (non-hydrogen) atoms. The standard InChI is InChI=1S/C7H4ClN3O/c8-7(12)6-5-3-1-2-4-11(5)10-9-6/h1-4H. The van der Waals surface area contributed by atoms with E-state index in [1.807, 2.05) is 0 Å². The van der Waals surface area contributed by atoms with Crippen LogP contribution in [0.5, 0.6) is 0 Å². The van der Waals surface area contributed by atoms with Gasteiger partial charge in [0.25, 0.3) is 5.24 Å². The first-order valence-corrected chi connectivity index (χ1v) is 3.67. The Morgan fingerprint density at radius 3 is 3.08 bits per heavy atom. The fourth-order valence-electron chi connectivity index (χ4n) is 0.984. The van der Waals surface area contributed by atoms with Gasteiger partial charge in [0.05, 0.1) is 5.52 Å². The predicted octanol–water partition coefficient (Wildman–Crippen LogP) is 1.11. The highest BCUT2D eigenvalue weighted by molar-refractivity contribution is 6.68. The zero-order valence-corrected chi connectivity index (χ0v) is 6.69. The summed E-state index contributed by atoms with van der Waals surface area (Å²) < 4.78 is 1.50. The molecular formula is C7H4ClN3O. The van der Waals surface area contributed by atoms with Crippen molar-refractivity contribution in [3.63, 3.8) is 0 Å². The molecule has 0 spiro atoms. The van der Waals surface area contributed by atoms with Crippen molar-refractivity contribution in [1.82, 2.24) is 14.8 Å².